The predicted molar refractivity (Wildman–Crippen MR) is 97.5 cm³/mol. The van der Waals surface area contributed by atoms with Crippen LogP contribution in [-0.2, 0) is 18.4 Å². The minimum absolute atomic E-state index is 0.0927. The van der Waals surface area contributed by atoms with E-state index in [1.165, 1.54) is 24.2 Å². The highest BCUT2D eigenvalue weighted by Gasteiger charge is 2.63. The normalized spacial score (nSPS) is 27.2. The second-order valence-electron chi connectivity index (χ2n) is 7.40. The summed E-state index contributed by atoms with van der Waals surface area (Å²) in [6, 6.07) is 6.00. The Labute approximate surface area is 153 Å². The first kappa shape index (κ1) is 15.3. The third-order valence-corrected chi connectivity index (χ3v) is 6.61. The summed E-state index contributed by atoms with van der Waals surface area (Å²) in [5.41, 5.74) is 3.30. The molecule has 24 heavy (non-hydrogen) atoms. The number of fused-ring (bicyclic) bond motifs is 3. The van der Waals surface area contributed by atoms with Crippen LogP contribution in [0.4, 0.5) is 4.39 Å². The molecule has 1 aliphatic heterocycles. The Hall–Kier alpha value is -0.980. The van der Waals surface area contributed by atoms with E-state index < -0.39 is 0 Å². The lowest BCUT2D eigenvalue weighted by Crippen LogP contribution is -2.19. The van der Waals surface area contributed by atoms with Gasteiger partial charge in [-0.15, -0.1) is 0 Å². The van der Waals surface area contributed by atoms with Gasteiger partial charge in [-0.05, 0) is 55.2 Å². The number of benzene rings is 1. The van der Waals surface area contributed by atoms with Crippen molar-refractivity contribution in [3.05, 3.63) is 50.2 Å². The van der Waals surface area contributed by atoms with Gasteiger partial charge in [0.2, 0.25) is 0 Å². The molecule has 1 unspecified atom stereocenters. The molecule has 2 heterocycles. The summed E-state index contributed by atoms with van der Waals surface area (Å²) >= 11 is 9.02. The van der Waals surface area contributed by atoms with E-state index in [9.17, 15) is 4.39 Å². The molecular weight excluding hydrogens is 389 g/mol. The van der Waals surface area contributed by atoms with Gasteiger partial charge in [0.05, 0.1) is 0 Å². The molecule has 6 heteroatoms. The van der Waals surface area contributed by atoms with Gasteiger partial charge in [0.25, 0.3) is 0 Å². The lowest BCUT2D eigenvalue weighted by Gasteiger charge is -2.14. The molecule has 3 aliphatic rings. The molecule has 0 spiro atoms. The van der Waals surface area contributed by atoms with E-state index in [0.29, 0.717) is 5.92 Å². The van der Waals surface area contributed by atoms with Crippen LogP contribution in [0.5, 0.6) is 0 Å². The molecular formula is C18H19BrFN3S. The second-order valence-corrected chi connectivity index (χ2v) is 8.70. The fourth-order valence-electron chi connectivity index (χ4n) is 4.35. The van der Waals surface area contributed by atoms with Crippen LogP contribution in [0.3, 0.4) is 0 Å². The number of aromatic amines is 1. The molecule has 2 aliphatic carbocycles. The summed E-state index contributed by atoms with van der Waals surface area (Å²) in [5, 5.41) is 3.56. The maximum atomic E-state index is 14.4. The molecule has 1 aromatic carbocycles. The van der Waals surface area contributed by atoms with Crippen molar-refractivity contribution in [1.82, 2.24) is 14.9 Å². The van der Waals surface area contributed by atoms with E-state index in [1.54, 1.807) is 12.1 Å². The van der Waals surface area contributed by atoms with E-state index in [0.717, 1.165) is 46.8 Å². The fourth-order valence-corrected chi connectivity index (χ4v) is 5.00. The van der Waals surface area contributed by atoms with Gasteiger partial charge < -0.3 is 14.9 Å². The first-order chi connectivity index (χ1) is 11.6. The number of imidazole rings is 1. The number of hydrogen-bond acceptors (Lipinski definition) is 2. The Bertz CT molecular complexity index is 885. The molecule has 0 radical (unpaired) electrons. The number of aromatic nitrogens is 2. The van der Waals surface area contributed by atoms with Gasteiger partial charge in [-0.2, -0.15) is 0 Å². The van der Waals surface area contributed by atoms with Crippen LogP contribution in [0.2, 0.25) is 0 Å². The minimum Gasteiger partial charge on any atom is -0.334 e. The molecule has 2 aromatic rings. The summed E-state index contributed by atoms with van der Waals surface area (Å²) in [5.74, 6) is 0.295. The topological polar surface area (TPSA) is 32.8 Å². The highest BCUT2D eigenvalue weighted by atomic mass is 79.9. The van der Waals surface area contributed by atoms with Crippen molar-refractivity contribution in [2.45, 2.75) is 49.6 Å². The number of hydrogen-bond donors (Lipinski definition) is 2. The molecule has 0 bridgehead atoms. The molecule has 126 valence electrons. The molecule has 3 nitrogen and oxygen atoms in total. The van der Waals surface area contributed by atoms with Crippen LogP contribution in [-0.4, -0.2) is 22.1 Å². The van der Waals surface area contributed by atoms with Crippen molar-refractivity contribution >= 4 is 28.1 Å². The van der Waals surface area contributed by atoms with Crippen molar-refractivity contribution in [1.29, 1.82) is 0 Å². The van der Waals surface area contributed by atoms with Crippen molar-refractivity contribution in [2.75, 3.05) is 6.54 Å². The van der Waals surface area contributed by atoms with Crippen LogP contribution in [0.15, 0.2) is 22.7 Å². The SMILES string of the molecule is Fc1ccc(Br)cc1[C@]12CC1c1c(CCNC3CC3)[nH]c(=S)n1C2. The third-order valence-electron chi connectivity index (χ3n) is 5.80. The average Bonchev–Trinajstić information content (AvgIpc) is 3.45. The molecule has 0 saturated heterocycles. The van der Waals surface area contributed by atoms with Crippen molar-refractivity contribution < 1.29 is 4.39 Å². The monoisotopic (exact) mass is 407 g/mol. The number of nitrogens with one attached hydrogen (secondary N) is 2. The van der Waals surface area contributed by atoms with Gasteiger partial charge in [0.15, 0.2) is 4.77 Å². The smallest absolute Gasteiger partial charge is 0.177 e. The van der Waals surface area contributed by atoms with E-state index in [1.807, 2.05) is 6.07 Å². The Kier molecular flexibility index (Phi) is 3.35. The van der Waals surface area contributed by atoms with E-state index in [4.69, 9.17) is 12.2 Å². The molecule has 2 atom stereocenters. The van der Waals surface area contributed by atoms with Gasteiger partial charge in [-0.3, -0.25) is 0 Å². The molecule has 1 aromatic heterocycles. The Morgan fingerprint density at radius 3 is 3.04 bits per heavy atom. The predicted octanol–water partition coefficient (Wildman–Crippen LogP) is 4.18. The largest absolute Gasteiger partial charge is 0.334 e. The number of rotatable bonds is 5. The molecule has 2 saturated carbocycles. The van der Waals surface area contributed by atoms with Crippen molar-refractivity contribution in [3.8, 4) is 0 Å². The van der Waals surface area contributed by atoms with E-state index in [-0.39, 0.29) is 11.2 Å². The minimum atomic E-state index is -0.0988. The zero-order valence-corrected chi connectivity index (χ0v) is 15.6. The zero-order chi connectivity index (χ0) is 16.5. The zero-order valence-electron chi connectivity index (χ0n) is 13.2. The quantitative estimate of drug-likeness (QED) is 0.728. The number of nitrogens with zero attached hydrogens (tertiary/aromatic N) is 1. The van der Waals surface area contributed by atoms with Gasteiger partial charge in [0, 0.05) is 52.7 Å². The number of H-pyrrole nitrogens is 1. The van der Waals surface area contributed by atoms with E-state index >= 15 is 0 Å². The summed E-state index contributed by atoms with van der Waals surface area (Å²) in [6.45, 7) is 1.78. The summed E-state index contributed by atoms with van der Waals surface area (Å²) < 4.78 is 18.4. The number of halogens is 2. The average molecular weight is 408 g/mol. The highest BCUT2D eigenvalue weighted by molar-refractivity contribution is 9.10. The Morgan fingerprint density at radius 1 is 1.42 bits per heavy atom. The molecule has 2 N–H and O–H groups in total. The van der Waals surface area contributed by atoms with Gasteiger partial charge >= 0.3 is 0 Å². The summed E-state index contributed by atoms with van der Waals surface area (Å²) in [4.78, 5) is 3.40. The van der Waals surface area contributed by atoms with Crippen LogP contribution in [0.25, 0.3) is 0 Å². The summed E-state index contributed by atoms with van der Waals surface area (Å²) in [7, 11) is 0. The fraction of sp³-hybridized carbons (Fsp3) is 0.500. The molecule has 2 fully saturated rings. The summed E-state index contributed by atoms with van der Waals surface area (Å²) in [6.07, 6.45) is 4.60. The second kappa shape index (κ2) is 5.26. The first-order valence-corrected chi connectivity index (χ1v) is 9.79. The van der Waals surface area contributed by atoms with Crippen molar-refractivity contribution in [3.63, 3.8) is 0 Å². The highest BCUT2D eigenvalue weighted by Crippen LogP contribution is 2.66. The lowest BCUT2D eigenvalue weighted by atomic mass is 9.93. The molecule has 5 rings (SSSR count). The van der Waals surface area contributed by atoms with Gasteiger partial charge in [-0.1, -0.05) is 15.9 Å². The van der Waals surface area contributed by atoms with Crippen LogP contribution < -0.4 is 5.32 Å². The van der Waals surface area contributed by atoms with Crippen molar-refractivity contribution in [2.24, 2.45) is 0 Å². The Balaban J connectivity index is 1.45. The van der Waals surface area contributed by atoms with Crippen LogP contribution in [0, 0.1) is 10.6 Å². The molecule has 0 amide bonds. The standard InChI is InChI=1S/C18H19BrFN3S/c19-10-1-4-14(20)12(7-10)18-8-13(18)16-15(5-6-21-11-2-3-11)22-17(24)23(16)9-18/h1,4,7,11,13,21H,2-3,5-6,8-9H2,(H,22,24)/t13?,18-/m1/s1. The van der Waals surface area contributed by atoms with Gasteiger partial charge in [-0.25, -0.2) is 4.39 Å². The van der Waals surface area contributed by atoms with Crippen LogP contribution in [0.1, 0.15) is 42.1 Å². The first-order valence-electron chi connectivity index (χ1n) is 8.59. The maximum Gasteiger partial charge on any atom is 0.177 e. The lowest BCUT2D eigenvalue weighted by molar-refractivity contribution is 0.530. The van der Waals surface area contributed by atoms with E-state index in [2.05, 4.69) is 30.8 Å². The maximum absolute atomic E-state index is 14.4. The Morgan fingerprint density at radius 2 is 2.25 bits per heavy atom. The van der Waals surface area contributed by atoms with Crippen LogP contribution >= 0.6 is 28.1 Å². The van der Waals surface area contributed by atoms with Gasteiger partial charge in [0.1, 0.15) is 5.82 Å². The third kappa shape index (κ3) is 2.26.